The lowest BCUT2D eigenvalue weighted by atomic mass is 10.1. The number of piperazine rings is 1. The summed E-state index contributed by atoms with van der Waals surface area (Å²) in [6, 6.07) is 11.2. The zero-order valence-electron chi connectivity index (χ0n) is 19.1. The van der Waals surface area contributed by atoms with Gasteiger partial charge in [0, 0.05) is 49.1 Å². The van der Waals surface area contributed by atoms with Gasteiger partial charge in [-0.15, -0.1) is 0 Å². The van der Waals surface area contributed by atoms with Crippen molar-refractivity contribution in [2.24, 2.45) is 0 Å². The highest BCUT2D eigenvalue weighted by Gasteiger charge is 2.39. The first-order valence-electron chi connectivity index (χ1n) is 11.5. The number of hydrogen-bond acceptors (Lipinski definition) is 5. The monoisotopic (exact) mass is 490 g/mol. The molecule has 2 fully saturated rings. The molecular formula is C24H31ClN4O3S. The van der Waals surface area contributed by atoms with Gasteiger partial charge in [0.15, 0.2) is 0 Å². The zero-order chi connectivity index (χ0) is 23.6. The second-order valence-corrected chi connectivity index (χ2v) is 11.0. The maximum Gasteiger partial charge on any atom is 0.243 e. The molecule has 2 aliphatic heterocycles. The molecule has 0 aliphatic carbocycles. The van der Waals surface area contributed by atoms with E-state index in [-0.39, 0.29) is 10.8 Å². The Morgan fingerprint density at radius 3 is 2.39 bits per heavy atom. The summed E-state index contributed by atoms with van der Waals surface area (Å²) in [7, 11) is -3.77. The van der Waals surface area contributed by atoms with Crippen LogP contribution in [-0.2, 0) is 14.8 Å². The van der Waals surface area contributed by atoms with Crippen LogP contribution in [0.2, 0.25) is 5.02 Å². The van der Waals surface area contributed by atoms with E-state index in [1.54, 1.807) is 12.1 Å². The first kappa shape index (κ1) is 24.0. The van der Waals surface area contributed by atoms with E-state index in [4.69, 9.17) is 11.6 Å². The van der Waals surface area contributed by atoms with Crippen molar-refractivity contribution in [3.8, 4) is 0 Å². The van der Waals surface area contributed by atoms with Crippen LogP contribution >= 0.6 is 11.6 Å². The van der Waals surface area contributed by atoms with Gasteiger partial charge in [-0.05, 0) is 74.3 Å². The van der Waals surface area contributed by atoms with Crippen LogP contribution in [0.1, 0.15) is 25.3 Å². The van der Waals surface area contributed by atoms with Crippen molar-refractivity contribution >= 4 is 38.9 Å². The Morgan fingerprint density at radius 2 is 1.76 bits per heavy atom. The van der Waals surface area contributed by atoms with Gasteiger partial charge in [-0.25, -0.2) is 8.42 Å². The molecule has 4 rings (SSSR count). The van der Waals surface area contributed by atoms with Gasteiger partial charge < -0.3 is 15.1 Å². The second kappa shape index (κ2) is 10.0. The highest BCUT2D eigenvalue weighted by molar-refractivity contribution is 7.89. The minimum absolute atomic E-state index is 0.148. The van der Waals surface area contributed by atoms with Crippen molar-refractivity contribution < 1.29 is 13.2 Å². The second-order valence-electron chi connectivity index (χ2n) is 8.64. The van der Waals surface area contributed by atoms with Crippen LogP contribution in [0.4, 0.5) is 11.4 Å². The van der Waals surface area contributed by atoms with Crippen molar-refractivity contribution in [2.45, 2.75) is 37.6 Å². The lowest BCUT2D eigenvalue weighted by molar-refractivity contribution is -0.119. The van der Waals surface area contributed by atoms with Gasteiger partial charge in [0.2, 0.25) is 15.9 Å². The predicted molar refractivity (Wildman–Crippen MR) is 133 cm³/mol. The molecule has 33 heavy (non-hydrogen) atoms. The molecule has 2 heterocycles. The van der Waals surface area contributed by atoms with E-state index in [2.05, 4.69) is 22.0 Å². The van der Waals surface area contributed by atoms with Crippen molar-refractivity contribution in [1.29, 1.82) is 0 Å². The normalized spacial score (nSPS) is 20.2. The fourth-order valence-electron chi connectivity index (χ4n) is 4.65. The Kier molecular flexibility index (Phi) is 7.28. The van der Waals surface area contributed by atoms with Gasteiger partial charge in [0.25, 0.3) is 0 Å². The third-order valence-corrected chi connectivity index (χ3v) is 8.73. The summed E-state index contributed by atoms with van der Waals surface area (Å²) in [4.78, 5) is 18.0. The highest BCUT2D eigenvalue weighted by atomic mass is 35.5. The van der Waals surface area contributed by atoms with Crippen LogP contribution < -0.4 is 10.2 Å². The fourth-order valence-corrected chi connectivity index (χ4v) is 6.43. The lowest BCUT2D eigenvalue weighted by Gasteiger charge is -2.36. The standard InChI is InChI=1S/C24H31ClN4O3S/c1-3-27-13-15-28(16-14-27)22-11-8-20(17-18(22)2)26-24(30)23-5-4-12-29(23)33(31,32)21-9-6-19(25)7-10-21/h6-11,17,23H,3-5,12-16H2,1-2H3,(H,26,30). The number of nitrogens with zero attached hydrogens (tertiary/aromatic N) is 3. The molecule has 2 aliphatic rings. The summed E-state index contributed by atoms with van der Waals surface area (Å²) < 4.78 is 27.6. The largest absolute Gasteiger partial charge is 0.369 e. The Labute approximate surface area is 201 Å². The van der Waals surface area contributed by atoms with E-state index in [1.165, 1.54) is 22.1 Å². The van der Waals surface area contributed by atoms with E-state index in [0.29, 0.717) is 30.1 Å². The molecule has 1 atom stereocenters. The van der Waals surface area contributed by atoms with Crippen molar-refractivity contribution in [2.75, 3.05) is 49.5 Å². The molecule has 0 spiro atoms. The molecule has 7 nitrogen and oxygen atoms in total. The predicted octanol–water partition coefficient (Wildman–Crippen LogP) is 3.58. The molecule has 2 saturated heterocycles. The number of nitrogens with one attached hydrogen (secondary N) is 1. The molecule has 0 bridgehead atoms. The number of likely N-dealkylation sites (N-methyl/N-ethyl adjacent to an activating group) is 1. The topological polar surface area (TPSA) is 73.0 Å². The SMILES string of the molecule is CCN1CCN(c2ccc(NC(=O)C3CCCN3S(=O)(=O)c3ccc(Cl)cc3)cc2C)CC1. The summed E-state index contributed by atoms with van der Waals surface area (Å²) >= 11 is 5.90. The average molecular weight is 491 g/mol. The summed E-state index contributed by atoms with van der Waals surface area (Å²) in [5, 5.41) is 3.41. The Morgan fingerprint density at radius 1 is 1.06 bits per heavy atom. The number of hydrogen-bond donors (Lipinski definition) is 1. The van der Waals surface area contributed by atoms with E-state index in [0.717, 1.165) is 38.3 Å². The van der Waals surface area contributed by atoms with Crippen LogP contribution in [0.3, 0.4) is 0 Å². The average Bonchev–Trinajstić information content (AvgIpc) is 3.31. The molecule has 178 valence electrons. The van der Waals surface area contributed by atoms with Crippen LogP contribution in [-0.4, -0.2) is 68.8 Å². The van der Waals surface area contributed by atoms with Gasteiger partial charge in [-0.3, -0.25) is 4.79 Å². The molecule has 0 saturated carbocycles. The van der Waals surface area contributed by atoms with Gasteiger partial charge in [0.05, 0.1) is 4.90 Å². The van der Waals surface area contributed by atoms with Gasteiger partial charge in [-0.1, -0.05) is 18.5 Å². The van der Waals surface area contributed by atoms with Gasteiger partial charge >= 0.3 is 0 Å². The molecule has 0 aromatic heterocycles. The van der Waals surface area contributed by atoms with Crippen LogP contribution in [0.25, 0.3) is 0 Å². The number of aryl methyl sites for hydroxylation is 1. The first-order chi connectivity index (χ1) is 15.8. The summed E-state index contributed by atoms with van der Waals surface area (Å²) in [6.45, 7) is 9.70. The van der Waals surface area contributed by atoms with Crippen molar-refractivity contribution in [3.63, 3.8) is 0 Å². The third kappa shape index (κ3) is 5.19. The summed E-state index contributed by atoms with van der Waals surface area (Å²) in [6.07, 6.45) is 1.14. The quantitative estimate of drug-likeness (QED) is 0.670. The maximum atomic E-state index is 13.1. The zero-order valence-corrected chi connectivity index (χ0v) is 20.7. The fraction of sp³-hybridized carbons (Fsp3) is 0.458. The molecule has 2 aromatic carbocycles. The van der Waals surface area contributed by atoms with Crippen LogP contribution in [0.5, 0.6) is 0 Å². The number of carbonyl (C=O) groups is 1. The smallest absolute Gasteiger partial charge is 0.243 e. The number of halogens is 1. The molecule has 1 amide bonds. The van der Waals surface area contributed by atoms with Crippen LogP contribution in [0.15, 0.2) is 47.4 Å². The highest BCUT2D eigenvalue weighted by Crippen LogP contribution is 2.29. The molecule has 0 radical (unpaired) electrons. The molecular weight excluding hydrogens is 460 g/mol. The van der Waals surface area contributed by atoms with Crippen LogP contribution in [0, 0.1) is 6.92 Å². The molecule has 1 N–H and O–H groups in total. The lowest BCUT2D eigenvalue weighted by Crippen LogP contribution is -2.46. The Balaban J connectivity index is 1.45. The number of amides is 1. The Bertz CT molecular complexity index is 1100. The molecule has 1 unspecified atom stereocenters. The maximum absolute atomic E-state index is 13.1. The number of anilines is 2. The number of rotatable bonds is 6. The summed E-state index contributed by atoms with van der Waals surface area (Å²) in [5.41, 5.74) is 2.95. The number of carbonyl (C=O) groups excluding carboxylic acids is 1. The van der Waals surface area contributed by atoms with E-state index in [9.17, 15) is 13.2 Å². The molecule has 2 aromatic rings. The van der Waals surface area contributed by atoms with E-state index >= 15 is 0 Å². The minimum Gasteiger partial charge on any atom is -0.369 e. The van der Waals surface area contributed by atoms with Crippen molar-refractivity contribution in [1.82, 2.24) is 9.21 Å². The molecule has 9 heteroatoms. The van der Waals surface area contributed by atoms with Gasteiger partial charge in [-0.2, -0.15) is 4.31 Å². The van der Waals surface area contributed by atoms with E-state index < -0.39 is 16.1 Å². The van der Waals surface area contributed by atoms with E-state index in [1.807, 2.05) is 25.1 Å². The number of benzene rings is 2. The number of sulfonamides is 1. The minimum atomic E-state index is -3.77. The Hall–Kier alpha value is -2.13. The summed E-state index contributed by atoms with van der Waals surface area (Å²) in [5.74, 6) is -0.297. The van der Waals surface area contributed by atoms with Gasteiger partial charge in [0.1, 0.15) is 6.04 Å². The first-order valence-corrected chi connectivity index (χ1v) is 13.3. The third-order valence-electron chi connectivity index (χ3n) is 6.55. The van der Waals surface area contributed by atoms with Crippen molar-refractivity contribution in [3.05, 3.63) is 53.1 Å².